The molecule has 0 amide bonds. The minimum absolute atomic E-state index is 0.112. The number of hydrogen-bond donors (Lipinski definition) is 0. The van der Waals surface area contributed by atoms with Gasteiger partial charge in [0.15, 0.2) is 0 Å². The fourth-order valence-electron chi connectivity index (χ4n) is 2.74. The predicted molar refractivity (Wildman–Crippen MR) is 113 cm³/mol. The van der Waals surface area contributed by atoms with Gasteiger partial charge in [-0.3, -0.25) is 0 Å². The summed E-state index contributed by atoms with van der Waals surface area (Å²) < 4.78 is 37.2. The maximum Gasteiger partial charge on any atom is 0.331 e. The summed E-state index contributed by atoms with van der Waals surface area (Å²) in [5.74, 6) is 0.202. The van der Waals surface area contributed by atoms with Crippen molar-refractivity contribution in [1.82, 2.24) is 4.31 Å². The van der Waals surface area contributed by atoms with E-state index < -0.39 is 16.0 Å². The maximum atomic E-state index is 12.5. The van der Waals surface area contributed by atoms with E-state index >= 15 is 0 Å². The first-order chi connectivity index (χ1) is 13.9. The van der Waals surface area contributed by atoms with Gasteiger partial charge in [0.1, 0.15) is 12.4 Å². The van der Waals surface area contributed by atoms with Gasteiger partial charge in [-0.25, -0.2) is 13.2 Å². The van der Waals surface area contributed by atoms with E-state index in [0.29, 0.717) is 31.0 Å². The number of carbonyl (C=O) groups is 1. The molecule has 2 aromatic carbocycles. The first-order valence-corrected chi connectivity index (χ1v) is 11.0. The summed E-state index contributed by atoms with van der Waals surface area (Å²) in [6.45, 7) is 6.97. The minimum Gasteiger partial charge on any atom is -0.493 e. The molecule has 0 aliphatic heterocycles. The van der Waals surface area contributed by atoms with Gasteiger partial charge in [-0.15, -0.1) is 0 Å². The lowest BCUT2D eigenvalue weighted by atomic mass is 10.2. The molecule has 0 atom stereocenters. The number of hydrogen-bond acceptors (Lipinski definition) is 5. The Labute approximate surface area is 172 Å². The quantitative estimate of drug-likeness (QED) is 0.433. The fourth-order valence-corrected chi connectivity index (χ4v) is 4.20. The van der Waals surface area contributed by atoms with Crippen molar-refractivity contribution < 1.29 is 22.7 Å². The van der Waals surface area contributed by atoms with E-state index in [4.69, 9.17) is 9.47 Å². The van der Waals surface area contributed by atoms with E-state index in [1.54, 1.807) is 32.1 Å². The van der Waals surface area contributed by atoms with E-state index in [1.165, 1.54) is 22.5 Å². The third-order valence-electron chi connectivity index (χ3n) is 4.28. The van der Waals surface area contributed by atoms with Crippen molar-refractivity contribution in [2.45, 2.75) is 32.3 Å². The minimum atomic E-state index is -3.49. The van der Waals surface area contributed by atoms with Gasteiger partial charge in [0.2, 0.25) is 10.0 Å². The Kier molecular flexibility index (Phi) is 8.42. The third-order valence-corrected chi connectivity index (χ3v) is 6.34. The van der Waals surface area contributed by atoms with Crippen molar-refractivity contribution in [2.75, 3.05) is 19.7 Å². The molecule has 7 heteroatoms. The second-order valence-electron chi connectivity index (χ2n) is 6.14. The van der Waals surface area contributed by atoms with Gasteiger partial charge in [-0.2, -0.15) is 4.31 Å². The van der Waals surface area contributed by atoms with Crippen LogP contribution in [0.2, 0.25) is 0 Å². The highest BCUT2D eigenvalue weighted by atomic mass is 32.2. The number of rotatable bonds is 10. The molecular formula is C22H27NO5S. The summed E-state index contributed by atoms with van der Waals surface area (Å²) in [5.41, 5.74) is 1.50. The van der Waals surface area contributed by atoms with E-state index in [1.807, 2.05) is 31.2 Å². The van der Waals surface area contributed by atoms with Crippen LogP contribution >= 0.6 is 0 Å². The van der Waals surface area contributed by atoms with Gasteiger partial charge in [-0.05, 0) is 36.8 Å². The van der Waals surface area contributed by atoms with Crippen molar-refractivity contribution in [2.24, 2.45) is 0 Å². The summed E-state index contributed by atoms with van der Waals surface area (Å²) in [7, 11) is -3.49. The average Bonchev–Trinajstić information content (AvgIpc) is 2.73. The van der Waals surface area contributed by atoms with Crippen LogP contribution in [-0.4, -0.2) is 38.4 Å². The largest absolute Gasteiger partial charge is 0.493 e. The lowest BCUT2D eigenvalue weighted by molar-refractivity contribution is -0.138. The van der Waals surface area contributed by atoms with Gasteiger partial charge >= 0.3 is 5.97 Å². The average molecular weight is 418 g/mol. The molecular weight excluding hydrogens is 390 g/mol. The molecule has 2 aromatic rings. The van der Waals surface area contributed by atoms with E-state index in [9.17, 15) is 13.2 Å². The summed E-state index contributed by atoms with van der Waals surface area (Å²) in [6.07, 6.45) is 2.90. The van der Waals surface area contributed by atoms with E-state index in [0.717, 1.165) is 5.56 Å². The van der Waals surface area contributed by atoms with Crippen LogP contribution < -0.4 is 4.74 Å². The van der Waals surface area contributed by atoms with Crippen LogP contribution in [0.25, 0.3) is 6.08 Å². The van der Waals surface area contributed by atoms with Gasteiger partial charge in [0.25, 0.3) is 0 Å². The Hall–Kier alpha value is -2.64. The lowest BCUT2D eigenvalue weighted by Crippen LogP contribution is -2.30. The summed E-state index contributed by atoms with van der Waals surface area (Å²) in [5, 5.41) is 0. The predicted octanol–water partition coefficient (Wildman–Crippen LogP) is 3.87. The maximum absolute atomic E-state index is 12.5. The van der Waals surface area contributed by atoms with Gasteiger partial charge in [0, 0.05) is 24.7 Å². The number of para-hydroxylation sites is 1. The Balaban J connectivity index is 1.99. The second kappa shape index (κ2) is 10.8. The highest BCUT2D eigenvalue weighted by Gasteiger charge is 2.20. The highest BCUT2D eigenvalue weighted by molar-refractivity contribution is 7.89. The normalized spacial score (nSPS) is 11.7. The molecule has 0 aliphatic rings. The van der Waals surface area contributed by atoms with Crippen LogP contribution in [0.5, 0.6) is 5.75 Å². The molecule has 0 saturated carbocycles. The second-order valence-corrected chi connectivity index (χ2v) is 8.08. The molecule has 2 rings (SSSR count). The standard InChI is InChI=1S/C22H27NO5S/c1-4-23(5-2)29(25,26)20-14-11-18(12-15-20)13-16-22(24)28-17-19-9-7-8-10-21(19)27-6-3/h7-16H,4-6,17H2,1-3H3/b16-13+. The number of esters is 1. The van der Waals surface area contributed by atoms with E-state index in [-0.39, 0.29) is 11.5 Å². The molecule has 156 valence electrons. The molecule has 0 saturated heterocycles. The molecule has 0 aromatic heterocycles. The number of sulfonamides is 1. The van der Waals surface area contributed by atoms with Crippen molar-refractivity contribution in [3.63, 3.8) is 0 Å². The van der Waals surface area contributed by atoms with Crippen molar-refractivity contribution in [3.8, 4) is 5.75 Å². The highest BCUT2D eigenvalue weighted by Crippen LogP contribution is 2.19. The zero-order chi connectivity index (χ0) is 21.3. The molecule has 0 aliphatic carbocycles. The van der Waals surface area contributed by atoms with Gasteiger partial charge < -0.3 is 9.47 Å². The van der Waals surface area contributed by atoms with Crippen LogP contribution in [0.1, 0.15) is 31.9 Å². The first-order valence-electron chi connectivity index (χ1n) is 9.58. The summed E-state index contributed by atoms with van der Waals surface area (Å²) >= 11 is 0. The Bertz CT molecular complexity index is 932. The first kappa shape index (κ1) is 22.6. The summed E-state index contributed by atoms with van der Waals surface area (Å²) in [4.78, 5) is 12.2. The number of nitrogens with zero attached hydrogens (tertiary/aromatic N) is 1. The van der Waals surface area contributed by atoms with Gasteiger partial charge in [-0.1, -0.05) is 44.2 Å². The van der Waals surface area contributed by atoms with Crippen molar-refractivity contribution in [3.05, 3.63) is 65.7 Å². The van der Waals surface area contributed by atoms with Crippen LogP contribution in [0.3, 0.4) is 0 Å². The zero-order valence-corrected chi connectivity index (χ0v) is 17.8. The SMILES string of the molecule is CCOc1ccccc1COC(=O)/C=C/c1ccc(S(=O)(=O)N(CC)CC)cc1. The molecule has 0 N–H and O–H groups in total. The topological polar surface area (TPSA) is 72.9 Å². The van der Waals surface area contributed by atoms with Gasteiger partial charge in [0.05, 0.1) is 11.5 Å². The summed E-state index contributed by atoms with van der Waals surface area (Å²) in [6, 6.07) is 13.8. The van der Waals surface area contributed by atoms with Crippen LogP contribution in [0.4, 0.5) is 0 Å². The molecule has 0 spiro atoms. The Morgan fingerprint density at radius 1 is 1.00 bits per heavy atom. The monoisotopic (exact) mass is 417 g/mol. The molecule has 6 nitrogen and oxygen atoms in total. The molecule has 0 radical (unpaired) electrons. The molecule has 0 bridgehead atoms. The lowest BCUT2D eigenvalue weighted by Gasteiger charge is -2.18. The molecule has 0 heterocycles. The third kappa shape index (κ3) is 6.17. The van der Waals surface area contributed by atoms with Crippen LogP contribution in [-0.2, 0) is 26.2 Å². The Morgan fingerprint density at radius 3 is 2.28 bits per heavy atom. The smallest absolute Gasteiger partial charge is 0.331 e. The molecule has 0 fully saturated rings. The van der Waals surface area contributed by atoms with Crippen molar-refractivity contribution >= 4 is 22.1 Å². The number of carbonyl (C=O) groups excluding carboxylic acids is 1. The van der Waals surface area contributed by atoms with E-state index in [2.05, 4.69) is 0 Å². The van der Waals surface area contributed by atoms with Crippen LogP contribution in [0, 0.1) is 0 Å². The van der Waals surface area contributed by atoms with Crippen molar-refractivity contribution in [1.29, 1.82) is 0 Å². The number of benzene rings is 2. The number of ether oxygens (including phenoxy) is 2. The van der Waals surface area contributed by atoms with Crippen LogP contribution in [0.15, 0.2) is 59.5 Å². The Morgan fingerprint density at radius 2 is 1.66 bits per heavy atom. The molecule has 0 unspecified atom stereocenters. The zero-order valence-electron chi connectivity index (χ0n) is 17.0. The fraction of sp³-hybridized carbons (Fsp3) is 0.318. The molecule has 29 heavy (non-hydrogen) atoms.